The van der Waals surface area contributed by atoms with E-state index in [4.69, 9.17) is 0 Å². The van der Waals surface area contributed by atoms with E-state index in [1.165, 1.54) is 42.1 Å². The van der Waals surface area contributed by atoms with Gasteiger partial charge in [0.2, 0.25) is 0 Å². The van der Waals surface area contributed by atoms with Crippen LogP contribution in [-0.4, -0.2) is 0 Å². The van der Waals surface area contributed by atoms with Gasteiger partial charge in [-0.15, -0.1) is 34.0 Å². The van der Waals surface area contributed by atoms with Gasteiger partial charge in [-0.25, -0.2) is 0 Å². The van der Waals surface area contributed by atoms with E-state index in [2.05, 4.69) is 77.9 Å². The second kappa shape index (κ2) is 7.02. The molecule has 0 fully saturated rings. The standard InChI is InChI=1S/C22H28S3/c1-7-22(6,8-2)20-14-12-18(25-20)16-10-9-15(23-16)17-11-13-19(24-17)21(3,4)5/h9-14H,7-8H2,1-6H3. The zero-order valence-electron chi connectivity index (χ0n) is 16.1. The van der Waals surface area contributed by atoms with Gasteiger partial charge in [0.05, 0.1) is 0 Å². The van der Waals surface area contributed by atoms with Gasteiger partial charge in [0.15, 0.2) is 0 Å². The average Bonchev–Trinajstić information content (AvgIpc) is 3.31. The minimum Gasteiger partial charge on any atom is -0.139 e. The Bertz CT molecular complexity index is 835. The maximum Gasteiger partial charge on any atom is 0.0449 e. The predicted octanol–water partition coefficient (Wildman–Crippen LogP) is 8.58. The van der Waals surface area contributed by atoms with E-state index in [1.54, 1.807) is 0 Å². The molecule has 3 aromatic heterocycles. The Hall–Kier alpha value is -0.900. The first-order valence-corrected chi connectivity index (χ1v) is 11.5. The summed E-state index contributed by atoms with van der Waals surface area (Å²) in [6.07, 6.45) is 2.40. The van der Waals surface area contributed by atoms with Gasteiger partial charge in [-0.05, 0) is 54.7 Å². The lowest BCUT2D eigenvalue weighted by Gasteiger charge is -2.24. The molecular formula is C22H28S3. The molecule has 3 heterocycles. The van der Waals surface area contributed by atoms with Crippen molar-refractivity contribution in [1.82, 2.24) is 0 Å². The lowest BCUT2D eigenvalue weighted by atomic mass is 9.83. The molecule has 0 bridgehead atoms. The highest BCUT2D eigenvalue weighted by molar-refractivity contribution is 7.26. The molecule has 0 amide bonds. The smallest absolute Gasteiger partial charge is 0.0449 e. The summed E-state index contributed by atoms with van der Waals surface area (Å²) < 4.78 is 0. The Morgan fingerprint density at radius 2 is 1.00 bits per heavy atom. The Kier molecular flexibility index (Phi) is 5.30. The second-order valence-electron chi connectivity index (χ2n) is 8.01. The minimum absolute atomic E-state index is 0.233. The summed E-state index contributed by atoms with van der Waals surface area (Å²) in [6, 6.07) is 13.8. The molecule has 0 aliphatic carbocycles. The molecule has 3 heteroatoms. The minimum atomic E-state index is 0.233. The summed E-state index contributed by atoms with van der Waals surface area (Å²) in [4.78, 5) is 8.56. The molecule has 0 saturated carbocycles. The van der Waals surface area contributed by atoms with Crippen molar-refractivity contribution in [2.45, 2.75) is 65.2 Å². The summed E-state index contributed by atoms with van der Waals surface area (Å²) in [5, 5.41) is 0. The van der Waals surface area contributed by atoms with Crippen LogP contribution >= 0.6 is 34.0 Å². The number of thiophene rings is 3. The predicted molar refractivity (Wildman–Crippen MR) is 118 cm³/mol. The lowest BCUT2D eigenvalue weighted by Crippen LogP contribution is -2.17. The molecule has 0 radical (unpaired) electrons. The van der Waals surface area contributed by atoms with Crippen molar-refractivity contribution < 1.29 is 0 Å². The number of hydrogen-bond donors (Lipinski definition) is 0. The quantitative estimate of drug-likeness (QED) is 0.410. The molecule has 134 valence electrons. The monoisotopic (exact) mass is 388 g/mol. The first-order chi connectivity index (χ1) is 11.8. The molecule has 0 spiro atoms. The van der Waals surface area contributed by atoms with E-state index in [1.807, 2.05) is 34.0 Å². The Morgan fingerprint density at radius 3 is 1.44 bits per heavy atom. The van der Waals surface area contributed by atoms with Gasteiger partial charge < -0.3 is 0 Å². The highest BCUT2D eigenvalue weighted by Crippen LogP contribution is 2.44. The largest absolute Gasteiger partial charge is 0.139 e. The highest BCUT2D eigenvalue weighted by Gasteiger charge is 2.24. The van der Waals surface area contributed by atoms with Crippen LogP contribution in [0.15, 0.2) is 36.4 Å². The molecule has 25 heavy (non-hydrogen) atoms. The third-order valence-corrected chi connectivity index (χ3v) is 9.58. The molecule has 0 aromatic carbocycles. The zero-order chi connectivity index (χ0) is 18.2. The van der Waals surface area contributed by atoms with Crippen molar-refractivity contribution in [2.24, 2.45) is 0 Å². The third kappa shape index (κ3) is 3.79. The Morgan fingerprint density at radius 1 is 0.600 bits per heavy atom. The van der Waals surface area contributed by atoms with Gasteiger partial charge in [-0.1, -0.05) is 41.5 Å². The Labute approximate surface area is 164 Å². The van der Waals surface area contributed by atoms with Crippen molar-refractivity contribution in [3.05, 3.63) is 46.2 Å². The van der Waals surface area contributed by atoms with Crippen LogP contribution in [0.5, 0.6) is 0 Å². The maximum absolute atomic E-state index is 2.39. The van der Waals surface area contributed by atoms with Crippen LogP contribution in [0.4, 0.5) is 0 Å². The van der Waals surface area contributed by atoms with E-state index in [9.17, 15) is 0 Å². The van der Waals surface area contributed by atoms with Gasteiger partial charge in [0.25, 0.3) is 0 Å². The SMILES string of the molecule is CCC(C)(CC)c1ccc(-c2ccc(-c3ccc(C(C)(C)C)s3)s2)s1. The molecule has 0 nitrogen and oxygen atoms in total. The molecular weight excluding hydrogens is 360 g/mol. The molecule has 0 N–H and O–H groups in total. The molecule has 0 aliphatic rings. The average molecular weight is 389 g/mol. The molecule has 0 unspecified atom stereocenters. The van der Waals surface area contributed by atoms with Crippen LogP contribution < -0.4 is 0 Å². The normalized spacial score (nSPS) is 12.7. The fourth-order valence-electron chi connectivity index (χ4n) is 2.87. The molecule has 3 aromatic rings. The maximum atomic E-state index is 2.39. The second-order valence-corrected chi connectivity index (χ2v) is 11.3. The molecule has 0 saturated heterocycles. The fraction of sp³-hybridized carbons (Fsp3) is 0.455. The van der Waals surface area contributed by atoms with Gasteiger partial charge in [0, 0.05) is 34.7 Å². The number of hydrogen-bond acceptors (Lipinski definition) is 3. The van der Waals surface area contributed by atoms with Crippen molar-refractivity contribution in [3.8, 4) is 19.5 Å². The van der Waals surface area contributed by atoms with Crippen molar-refractivity contribution in [3.63, 3.8) is 0 Å². The van der Waals surface area contributed by atoms with E-state index in [0.29, 0.717) is 5.41 Å². The van der Waals surface area contributed by atoms with Crippen LogP contribution in [0.2, 0.25) is 0 Å². The molecule has 3 rings (SSSR count). The van der Waals surface area contributed by atoms with Crippen molar-refractivity contribution in [2.75, 3.05) is 0 Å². The van der Waals surface area contributed by atoms with Gasteiger partial charge >= 0.3 is 0 Å². The van der Waals surface area contributed by atoms with Crippen LogP contribution in [0.1, 0.15) is 64.1 Å². The topological polar surface area (TPSA) is 0 Å². The van der Waals surface area contributed by atoms with Gasteiger partial charge in [-0.2, -0.15) is 0 Å². The molecule has 0 atom stereocenters. The summed E-state index contributed by atoms with van der Waals surface area (Å²) in [6.45, 7) is 13.9. The summed E-state index contributed by atoms with van der Waals surface area (Å²) in [5.74, 6) is 0. The first kappa shape index (κ1) is 18.9. The van der Waals surface area contributed by atoms with E-state index in [0.717, 1.165) is 0 Å². The van der Waals surface area contributed by atoms with E-state index >= 15 is 0 Å². The Balaban J connectivity index is 1.87. The van der Waals surface area contributed by atoms with E-state index in [-0.39, 0.29) is 5.41 Å². The molecule has 0 aliphatic heterocycles. The van der Waals surface area contributed by atoms with Crippen molar-refractivity contribution in [1.29, 1.82) is 0 Å². The summed E-state index contributed by atoms with van der Waals surface area (Å²) in [5.41, 5.74) is 0.550. The van der Waals surface area contributed by atoms with Crippen molar-refractivity contribution >= 4 is 34.0 Å². The zero-order valence-corrected chi connectivity index (χ0v) is 18.6. The van der Waals surface area contributed by atoms with E-state index < -0.39 is 0 Å². The summed E-state index contributed by atoms with van der Waals surface area (Å²) in [7, 11) is 0. The number of rotatable bonds is 5. The fourth-order valence-corrected chi connectivity index (χ4v) is 6.41. The van der Waals surface area contributed by atoms with Gasteiger partial charge in [0.1, 0.15) is 0 Å². The van der Waals surface area contributed by atoms with Crippen LogP contribution in [-0.2, 0) is 10.8 Å². The van der Waals surface area contributed by atoms with Crippen LogP contribution in [0, 0.1) is 0 Å². The van der Waals surface area contributed by atoms with Crippen LogP contribution in [0.25, 0.3) is 19.5 Å². The van der Waals surface area contributed by atoms with Gasteiger partial charge in [-0.3, -0.25) is 0 Å². The third-order valence-electron chi connectivity index (χ3n) is 5.20. The lowest BCUT2D eigenvalue weighted by molar-refractivity contribution is 0.448. The highest BCUT2D eigenvalue weighted by atomic mass is 32.1. The van der Waals surface area contributed by atoms with Crippen LogP contribution in [0.3, 0.4) is 0 Å². The summed E-state index contributed by atoms with van der Waals surface area (Å²) >= 11 is 5.83. The first-order valence-electron chi connectivity index (χ1n) is 9.08.